The van der Waals surface area contributed by atoms with Crippen LogP contribution in [0.4, 0.5) is 5.69 Å². The molecule has 0 radical (unpaired) electrons. The molecule has 1 aliphatic heterocycles. The first-order valence-corrected chi connectivity index (χ1v) is 10.9. The molecular formula is C24H27ClN4O2. The van der Waals surface area contributed by atoms with E-state index in [-0.39, 0.29) is 17.4 Å². The number of halogens is 1. The second kappa shape index (κ2) is 9.12. The smallest absolute Gasteiger partial charge is 0.295 e. The maximum absolute atomic E-state index is 13.0. The lowest BCUT2D eigenvalue weighted by atomic mass is 9.95. The van der Waals surface area contributed by atoms with E-state index in [0.717, 1.165) is 48.9 Å². The van der Waals surface area contributed by atoms with Crippen LogP contribution in [0.3, 0.4) is 0 Å². The van der Waals surface area contributed by atoms with Crippen molar-refractivity contribution in [3.63, 3.8) is 0 Å². The standard InChI is InChI=1S/C24H27ClN4O2/c1-17-22(24(31)29(27(17)2)21-6-4-3-5-7-21)26-23(30)19-12-14-28(15-13-19)16-18-8-10-20(25)11-9-18/h3-11,19H,12-16H2,1-2H3,(H,26,30). The first kappa shape index (κ1) is 21.4. The molecule has 4 rings (SSSR count). The summed E-state index contributed by atoms with van der Waals surface area (Å²) in [5, 5.41) is 3.66. The predicted octanol–water partition coefficient (Wildman–Crippen LogP) is 3.99. The van der Waals surface area contributed by atoms with Gasteiger partial charge in [0.05, 0.1) is 11.4 Å². The SMILES string of the molecule is Cc1c(NC(=O)C2CCN(Cc3ccc(Cl)cc3)CC2)c(=O)n(-c2ccccc2)n1C. The summed E-state index contributed by atoms with van der Waals surface area (Å²) in [7, 11) is 1.83. The lowest BCUT2D eigenvalue weighted by Gasteiger charge is -2.31. The summed E-state index contributed by atoms with van der Waals surface area (Å²) in [6.07, 6.45) is 1.55. The second-order valence-electron chi connectivity index (χ2n) is 8.10. The van der Waals surface area contributed by atoms with E-state index < -0.39 is 0 Å². The molecule has 0 aliphatic carbocycles. The van der Waals surface area contributed by atoms with Gasteiger partial charge < -0.3 is 5.32 Å². The molecular weight excluding hydrogens is 412 g/mol. The second-order valence-corrected chi connectivity index (χ2v) is 8.54. The lowest BCUT2D eigenvalue weighted by Crippen LogP contribution is -2.38. The lowest BCUT2D eigenvalue weighted by molar-refractivity contribution is -0.121. The molecule has 162 valence electrons. The number of aromatic nitrogens is 2. The highest BCUT2D eigenvalue weighted by molar-refractivity contribution is 6.30. The van der Waals surface area contributed by atoms with Gasteiger partial charge in [-0.25, -0.2) is 4.68 Å². The number of hydrogen-bond acceptors (Lipinski definition) is 3. The first-order chi connectivity index (χ1) is 14.9. The minimum Gasteiger partial charge on any atom is -0.320 e. The van der Waals surface area contributed by atoms with E-state index in [1.807, 2.05) is 68.6 Å². The zero-order chi connectivity index (χ0) is 22.0. The zero-order valence-electron chi connectivity index (χ0n) is 17.8. The highest BCUT2D eigenvalue weighted by Crippen LogP contribution is 2.22. The monoisotopic (exact) mass is 438 g/mol. The summed E-state index contributed by atoms with van der Waals surface area (Å²) in [5.41, 5.74) is 2.88. The minimum absolute atomic E-state index is 0.0721. The van der Waals surface area contributed by atoms with Gasteiger partial charge in [-0.1, -0.05) is 41.9 Å². The fraction of sp³-hybridized carbons (Fsp3) is 0.333. The molecule has 0 bridgehead atoms. The van der Waals surface area contributed by atoms with Crippen LogP contribution in [0.1, 0.15) is 24.1 Å². The molecule has 0 spiro atoms. The predicted molar refractivity (Wildman–Crippen MR) is 124 cm³/mol. The molecule has 1 aromatic heterocycles. The molecule has 31 heavy (non-hydrogen) atoms. The number of amides is 1. The molecule has 6 nitrogen and oxygen atoms in total. The van der Waals surface area contributed by atoms with Crippen LogP contribution in [0, 0.1) is 12.8 Å². The zero-order valence-corrected chi connectivity index (χ0v) is 18.6. The number of anilines is 1. The summed E-state index contributed by atoms with van der Waals surface area (Å²) in [6.45, 7) is 4.40. The van der Waals surface area contributed by atoms with Crippen molar-refractivity contribution in [2.45, 2.75) is 26.3 Å². The van der Waals surface area contributed by atoms with Crippen LogP contribution in [-0.4, -0.2) is 33.3 Å². The topological polar surface area (TPSA) is 59.3 Å². The minimum atomic E-state index is -0.209. The van der Waals surface area contributed by atoms with Crippen molar-refractivity contribution >= 4 is 23.2 Å². The summed E-state index contributed by atoms with van der Waals surface area (Å²) in [6, 6.07) is 17.3. The summed E-state index contributed by atoms with van der Waals surface area (Å²) < 4.78 is 3.36. The Hall–Kier alpha value is -2.83. The first-order valence-electron chi connectivity index (χ1n) is 10.6. The highest BCUT2D eigenvalue weighted by Gasteiger charge is 2.27. The van der Waals surface area contributed by atoms with Gasteiger partial charge in [-0.15, -0.1) is 0 Å². The van der Waals surface area contributed by atoms with Crippen LogP contribution in [-0.2, 0) is 18.4 Å². The maximum atomic E-state index is 13.0. The number of carbonyl (C=O) groups excluding carboxylic acids is 1. The molecule has 3 aromatic rings. The van der Waals surface area contributed by atoms with E-state index in [9.17, 15) is 9.59 Å². The van der Waals surface area contributed by atoms with Crippen LogP contribution in [0.5, 0.6) is 0 Å². The van der Waals surface area contributed by atoms with Crippen molar-refractivity contribution < 1.29 is 4.79 Å². The third-order valence-corrected chi connectivity index (χ3v) is 6.33. The number of rotatable bonds is 5. The van der Waals surface area contributed by atoms with Gasteiger partial charge in [0, 0.05) is 24.5 Å². The van der Waals surface area contributed by atoms with Gasteiger partial charge in [0.15, 0.2) is 0 Å². The molecule has 7 heteroatoms. The molecule has 0 atom stereocenters. The van der Waals surface area contributed by atoms with Gasteiger partial charge >= 0.3 is 0 Å². The Morgan fingerprint density at radius 3 is 2.35 bits per heavy atom. The van der Waals surface area contributed by atoms with Crippen molar-refractivity contribution in [1.82, 2.24) is 14.3 Å². The molecule has 0 unspecified atom stereocenters. The van der Waals surface area contributed by atoms with Gasteiger partial charge in [0.2, 0.25) is 5.91 Å². The van der Waals surface area contributed by atoms with E-state index >= 15 is 0 Å². The Kier molecular flexibility index (Phi) is 6.30. The Morgan fingerprint density at radius 2 is 1.71 bits per heavy atom. The molecule has 1 N–H and O–H groups in total. The summed E-state index contributed by atoms with van der Waals surface area (Å²) in [4.78, 5) is 28.3. The number of para-hydroxylation sites is 1. The molecule has 1 saturated heterocycles. The van der Waals surface area contributed by atoms with Crippen molar-refractivity contribution in [3.05, 3.63) is 81.2 Å². The van der Waals surface area contributed by atoms with Crippen LogP contribution < -0.4 is 10.9 Å². The number of nitrogens with one attached hydrogen (secondary N) is 1. The van der Waals surface area contributed by atoms with E-state index in [4.69, 9.17) is 11.6 Å². The van der Waals surface area contributed by atoms with Crippen molar-refractivity contribution in [3.8, 4) is 5.69 Å². The van der Waals surface area contributed by atoms with Crippen LogP contribution >= 0.6 is 11.6 Å². The van der Waals surface area contributed by atoms with Gasteiger partial charge in [0.1, 0.15) is 5.69 Å². The van der Waals surface area contributed by atoms with Crippen LogP contribution in [0.2, 0.25) is 5.02 Å². The number of benzene rings is 2. The van der Waals surface area contributed by atoms with E-state index in [2.05, 4.69) is 10.2 Å². The normalized spacial score (nSPS) is 15.2. The third kappa shape index (κ3) is 4.60. The van der Waals surface area contributed by atoms with E-state index in [0.29, 0.717) is 5.69 Å². The Bertz CT molecular complexity index is 1110. The number of nitrogens with zero attached hydrogens (tertiary/aromatic N) is 3. The quantitative estimate of drug-likeness (QED) is 0.655. The Labute approximate surface area is 187 Å². The van der Waals surface area contributed by atoms with Crippen molar-refractivity contribution in [2.24, 2.45) is 13.0 Å². The number of hydrogen-bond donors (Lipinski definition) is 1. The number of carbonyl (C=O) groups is 1. The third-order valence-electron chi connectivity index (χ3n) is 6.08. The number of likely N-dealkylation sites (tertiary alicyclic amines) is 1. The molecule has 1 aliphatic rings. The fourth-order valence-corrected chi connectivity index (χ4v) is 4.26. The highest BCUT2D eigenvalue weighted by atomic mass is 35.5. The maximum Gasteiger partial charge on any atom is 0.295 e. The van der Waals surface area contributed by atoms with Crippen LogP contribution in [0.25, 0.3) is 5.69 Å². The molecule has 1 fully saturated rings. The Morgan fingerprint density at radius 1 is 1.06 bits per heavy atom. The van der Waals surface area contributed by atoms with Gasteiger partial charge in [0.25, 0.3) is 5.56 Å². The van der Waals surface area contributed by atoms with Crippen LogP contribution in [0.15, 0.2) is 59.4 Å². The van der Waals surface area contributed by atoms with Gasteiger partial charge in [-0.2, -0.15) is 0 Å². The van der Waals surface area contributed by atoms with E-state index in [1.54, 1.807) is 9.36 Å². The Balaban J connectivity index is 1.40. The average molecular weight is 439 g/mol. The molecule has 2 heterocycles. The molecule has 0 saturated carbocycles. The molecule has 1 amide bonds. The average Bonchev–Trinajstić information content (AvgIpc) is 2.99. The largest absolute Gasteiger partial charge is 0.320 e. The van der Waals surface area contributed by atoms with E-state index in [1.165, 1.54) is 5.56 Å². The van der Waals surface area contributed by atoms with Gasteiger partial charge in [-0.3, -0.25) is 19.2 Å². The fourth-order valence-electron chi connectivity index (χ4n) is 4.14. The van der Waals surface area contributed by atoms with Crippen molar-refractivity contribution in [1.29, 1.82) is 0 Å². The van der Waals surface area contributed by atoms with Gasteiger partial charge in [-0.05, 0) is 62.7 Å². The number of piperidine rings is 1. The summed E-state index contributed by atoms with van der Waals surface area (Å²) >= 11 is 5.96. The summed E-state index contributed by atoms with van der Waals surface area (Å²) in [5.74, 6) is -0.164. The molecule has 2 aromatic carbocycles. The van der Waals surface area contributed by atoms with Crippen molar-refractivity contribution in [2.75, 3.05) is 18.4 Å².